The van der Waals surface area contributed by atoms with E-state index >= 15 is 0 Å². The fraction of sp³-hybridized carbons (Fsp3) is 0.294. The summed E-state index contributed by atoms with van der Waals surface area (Å²) in [5, 5.41) is 5.74. The number of hydrogen-bond acceptors (Lipinski definition) is 4. The molecule has 0 amide bonds. The molecule has 1 N–H and O–H groups in total. The minimum absolute atomic E-state index is 0.192. The quantitative estimate of drug-likeness (QED) is 0.646. The van der Waals surface area contributed by atoms with Gasteiger partial charge in [-0.05, 0) is 29.9 Å². The third-order valence-electron chi connectivity index (χ3n) is 3.51. The monoisotopic (exact) mass is 351 g/mol. The van der Waals surface area contributed by atoms with E-state index in [4.69, 9.17) is 0 Å². The number of nitrogens with zero attached hydrogens (tertiary/aromatic N) is 2. The maximum absolute atomic E-state index is 12.6. The number of alkyl halides is 3. The van der Waals surface area contributed by atoms with Crippen LogP contribution in [0.25, 0.3) is 10.2 Å². The molecule has 0 aliphatic heterocycles. The first-order chi connectivity index (χ1) is 11.5. The van der Waals surface area contributed by atoms with Crippen molar-refractivity contribution in [2.24, 2.45) is 0 Å². The average Bonchev–Trinajstić information content (AvgIpc) is 2.99. The van der Waals surface area contributed by atoms with E-state index in [1.54, 1.807) is 0 Å². The van der Waals surface area contributed by atoms with E-state index in [9.17, 15) is 13.2 Å². The predicted octanol–water partition coefficient (Wildman–Crippen LogP) is 4.84. The van der Waals surface area contributed by atoms with Crippen molar-refractivity contribution in [3.05, 3.63) is 53.2 Å². The fourth-order valence-corrected chi connectivity index (χ4v) is 3.22. The van der Waals surface area contributed by atoms with Gasteiger partial charge >= 0.3 is 6.18 Å². The summed E-state index contributed by atoms with van der Waals surface area (Å²) in [5.74, 6) is 0.288. The molecule has 24 heavy (non-hydrogen) atoms. The van der Waals surface area contributed by atoms with Crippen LogP contribution in [0.5, 0.6) is 0 Å². The van der Waals surface area contributed by atoms with Crippen LogP contribution in [-0.2, 0) is 12.8 Å². The Labute approximate surface area is 141 Å². The number of rotatable bonds is 6. The summed E-state index contributed by atoms with van der Waals surface area (Å²) < 4.78 is 37.8. The SMILES string of the molecule is FC(F)(F)Cc1nc(NCCCc2ccccc2)c2ccsc2n1. The number of nitrogens with one attached hydrogen (secondary N) is 1. The van der Waals surface area contributed by atoms with Crippen molar-refractivity contribution in [1.29, 1.82) is 0 Å². The van der Waals surface area contributed by atoms with Crippen LogP contribution in [0.15, 0.2) is 41.8 Å². The number of thiophene rings is 1. The van der Waals surface area contributed by atoms with Gasteiger partial charge in [0.05, 0.1) is 5.39 Å². The molecule has 0 radical (unpaired) electrons. The number of benzene rings is 1. The molecule has 0 saturated heterocycles. The second kappa shape index (κ2) is 7.17. The smallest absolute Gasteiger partial charge is 0.369 e. The van der Waals surface area contributed by atoms with Gasteiger partial charge in [-0.3, -0.25) is 0 Å². The highest BCUT2D eigenvalue weighted by atomic mass is 32.1. The van der Waals surface area contributed by atoms with Gasteiger partial charge in [-0.15, -0.1) is 11.3 Å². The van der Waals surface area contributed by atoms with Crippen molar-refractivity contribution < 1.29 is 13.2 Å². The third kappa shape index (κ3) is 4.44. The van der Waals surface area contributed by atoms with Crippen molar-refractivity contribution in [3.63, 3.8) is 0 Å². The molecule has 3 nitrogen and oxygen atoms in total. The summed E-state index contributed by atoms with van der Waals surface area (Å²) in [6.07, 6.45) is -3.65. The first-order valence-electron chi connectivity index (χ1n) is 7.60. The van der Waals surface area contributed by atoms with Crippen LogP contribution in [0.3, 0.4) is 0 Å². The van der Waals surface area contributed by atoms with Crippen molar-refractivity contribution in [1.82, 2.24) is 9.97 Å². The van der Waals surface area contributed by atoms with Crippen LogP contribution in [-0.4, -0.2) is 22.7 Å². The molecular formula is C17H16F3N3S. The highest BCUT2D eigenvalue weighted by Gasteiger charge is 2.30. The summed E-state index contributed by atoms with van der Waals surface area (Å²) in [4.78, 5) is 8.65. The summed E-state index contributed by atoms with van der Waals surface area (Å²) >= 11 is 1.32. The summed E-state index contributed by atoms with van der Waals surface area (Å²) in [7, 11) is 0. The molecule has 126 valence electrons. The molecule has 7 heteroatoms. The Morgan fingerprint density at radius 2 is 1.83 bits per heavy atom. The predicted molar refractivity (Wildman–Crippen MR) is 90.4 cm³/mol. The molecule has 1 aromatic carbocycles. The van der Waals surface area contributed by atoms with Crippen molar-refractivity contribution in [3.8, 4) is 0 Å². The summed E-state index contributed by atoms with van der Waals surface area (Å²) in [6, 6.07) is 11.9. The van der Waals surface area contributed by atoms with E-state index in [0.29, 0.717) is 17.2 Å². The van der Waals surface area contributed by atoms with E-state index in [1.165, 1.54) is 16.9 Å². The molecule has 0 atom stereocenters. The fourth-order valence-electron chi connectivity index (χ4n) is 2.44. The van der Waals surface area contributed by atoms with Gasteiger partial charge in [0.1, 0.15) is 22.9 Å². The lowest BCUT2D eigenvalue weighted by atomic mass is 10.1. The van der Waals surface area contributed by atoms with Gasteiger partial charge in [-0.2, -0.15) is 13.2 Å². The lowest BCUT2D eigenvalue weighted by Gasteiger charge is -2.10. The number of fused-ring (bicyclic) bond motifs is 1. The van der Waals surface area contributed by atoms with E-state index in [0.717, 1.165) is 18.2 Å². The minimum Gasteiger partial charge on any atom is -0.369 e. The van der Waals surface area contributed by atoms with E-state index < -0.39 is 12.6 Å². The standard InChI is InChI=1S/C17H16F3N3S/c18-17(19,20)11-14-22-15(13-8-10-24-16(13)23-14)21-9-4-7-12-5-2-1-3-6-12/h1-3,5-6,8,10H,4,7,9,11H2,(H,21,22,23). The molecule has 3 rings (SSSR count). The molecule has 2 heterocycles. The Kier molecular flexibility index (Phi) is 4.99. The maximum Gasteiger partial charge on any atom is 0.396 e. The molecule has 0 bridgehead atoms. The van der Waals surface area contributed by atoms with Gasteiger partial charge in [-0.1, -0.05) is 30.3 Å². The van der Waals surface area contributed by atoms with Gasteiger partial charge in [0.25, 0.3) is 0 Å². The summed E-state index contributed by atoms with van der Waals surface area (Å²) in [6.45, 7) is 0.641. The zero-order chi connectivity index (χ0) is 17.0. The maximum atomic E-state index is 12.6. The summed E-state index contributed by atoms with van der Waals surface area (Å²) in [5.41, 5.74) is 1.24. The van der Waals surface area contributed by atoms with Gasteiger partial charge < -0.3 is 5.32 Å². The highest BCUT2D eigenvalue weighted by Crippen LogP contribution is 2.27. The third-order valence-corrected chi connectivity index (χ3v) is 4.31. The van der Waals surface area contributed by atoms with Crippen molar-refractivity contribution >= 4 is 27.4 Å². The van der Waals surface area contributed by atoms with Gasteiger partial charge in [0.15, 0.2) is 0 Å². The molecule has 3 aromatic rings. The molecule has 0 saturated carbocycles. The molecular weight excluding hydrogens is 335 g/mol. The van der Waals surface area contributed by atoms with Crippen LogP contribution in [0, 0.1) is 0 Å². The average molecular weight is 351 g/mol. The zero-order valence-electron chi connectivity index (χ0n) is 12.8. The second-order valence-electron chi connectivity index (χ2n) is 5.44. The van der Waals surface area contributed by atoms with Gasteiger partial charge in [-0.25, -0.2) is 9.97 Å². The Balaban J connectivity index is 1.67. The Morgan fingerprint density at radius 1 is 1.04 bits per heavy atom. The number of anilines is 1. The van der Waals surface area contributed by atoms with Crippen molar-refractivity contribution in [2.75, 3.05) is 11.9 Å². The number of aromatic nitrogens is 2. The van der Waals surface area contributed by atoms with E-state index in [1.807, 2.05) is 29.6 Å². The first-order valence-corrected chi connectivity index (χ1v) is 8.48. The number of aryl methyl sites for hydroxylation is 1. The minimum atomic E-state index is -4.31. The zero-order valence-corrected chi connectivity index (χ0v) is 13.6. The normalized spacial score (nSPS) is 11.8. The Bertz CT molecular complexity index is 800. The van der Waals surface area contributed by atoms with Crippen LogP contribution >= 0.6 is 11.3 Å². The topological polar surface area (TPSA) is 37.8 Å². The first kappa shape index (κ1) is 16.7. The van der Waals surface area contributed by atoms with Crippen LogP contribution < -0.4 is 5.32 Å². The number of hydrogen-bond donors (Lipinski definition) is 1. The van der Waals surface area contributed by atoms with Crippen LogP contribution in [0.2, 0.25) is 0 Å². The lowest BCUT2D eigenvalue weighted by molar-refractivity contribution is -0.128. The van der Waals surface area contributed by atoms with E-state index in [-0.39, 0.29) is 5.82 Å². The largest absolute Gasteiger partial charge is 0.396 e. The molecule has 2 aromatic heterocycles. The van der Waals surface area contributed by atoms with Crippen LogP contribution in [0.4, 0.5) is 19.0 Å². The molecule has 0 spiro atoms. The molecule has 0 unspecified atom stereocenters. The lowest BCUT2D eigenvalue weighted by Crippen LogP contribution is -2.15. The van der Waals surface area contributed by atoms with E-state index in [2.05, 4.69) is 27.4 Å². The van der Waals surface area contributed by atoms with Gasteiger partial charge in [0, 0.05) is 6.54 Å². The molecule has 0 aliphatic rings. The Morgan fingerprint density at radius 3 is 2.58 bits per heavy atom. The molecule has 0 aliphatic carbocycles. The molecule has 0 fully saturated rings. The Hall–Kier alpha value is -2.15. The second-order valence-corrected chi connectivity index (χ2v) is 6.33. The van der Waals surface area contributed by atoms with Crippen LogP contribution in [0.1, 0.15) is 17.8 Å². The number of halogens is 3. The highest BCUT2D eigenvalue weighted by molar-refractivity contribution is 7.16. The van der Waals surface area contributed by atoms with Crippen molar-refractivity contribution in [2.45, 2.75) is 25.4 Å². The van der Waals surface area contributed by atoms with Gasteiger partial charge in [0.2, 0.25) is 0 Å².